The highest BCUT2D eigenvalue weighted by Gasteiger charge is 2.15. The van der Waals surface area contributed by atoms with E-state index in [9.17, 15) is 0 Å². The summed E-state index contributed by atoms with van der Waals surface area (Å²) >= 11 is 0. The van der Waals surface area contributed by atoms with Gasteiger partial charge in [0.2, 0.25) is 0 Å². The van der Waals surface area contributed by atoms with Crippen LogP contribution in [0.3, 0.4) is 0 Å². The number of rotatable bonds is 2. The third-order valence-corrected chi connectivity index (χ3v) is 2.81. The van der Waals surface area contributed by atoms with E-state index in [0.717, 1.165) is 0 Å². The van der Waals surface area contributed by atoms with Gasteiger partial charge in [-0.2, -0.15) is 0 Å². The van der Waals surface area contributed by atoms with E-state index in [-0.39, 0.29) is 0 Å². The Morgan fingerprint density at radius 1 is 1.00 bits per heavy atom. The molecule has 0 atom stereocenters. The monoisotopic (exact) mass is 181 g/mol. The second-order valence-electron chi connectivity index (χ2n) is 4.63. The van der Waals surface area contributed by atoms with E-state index in [0.29, 0.717) is 11.8 Å². The third kappa shape index (κ3) is 2.75. The molecule has 0 bridgehead atoms. The van der Waals surface area contributed by atoms with Gasteiger partial charge in [0.1, 0.15) is 0 Å². The molecule has 1 nitrogen and oxygen atoms in total. The molecule has 1 heterocycles. The zero-order valence-corrected chi connectivity index (χ0v) is 9.48. The fourth-order valence-corrected chi connectivity index (χ4v) is 2.09. The van der Waals surface area contributed by atoms with Crippen molar-refractivity contribution >= 4 is 0 Å². The minimum absolute atomic E-state index is 0.662. The zero-order chi connectivity index (χ0) is 9.84. The molecule has 0 radical (unpaired) electrons. The van der Waals surface area contributed by atoms with E-state index in [1.807, 2.05) is 0 Å². The fourth-order valence-electron chi connectivity index (χ4n) is 2.09. The first kappa shape index (κ1) is 10.6. The van der Waals surface area contributed by atoms with Gasteiger partial charge in [-0.3, -0.25) is 0 Å². The van der Waals surface area contributed by atoms with Crippen molar-refractivity contribution in [1.82, 2.24) is 5.32 Å². The van der Waals surface area contributed by atoms with Crippen molar-refractivity contribution in [3.05, 3.63) is 11.3 Å². The van der Waals surface area contributed by atoms with Gasteiger partial charge in [-0.1, -0.05) is 27.7 Å². The maximum absolute atomic E-state index is 3.59. The fraction of sp³-hybridized carbons (Fsp3) is 0.833. The average molecular weight is 181 g/mol. The summed E-state index contributed by atoms with van der Waals surface area (Å²) in [6, 6.07) is 0. The summed E-state index contributed by atoms with van der Waals surface area (Å²) in [6.45, 7) is 10.4. The molecular formula is C12H23N. The van der Waals surface area contributed by atoms with Crippen molar-refractivity contribution < 1.29 is 0 Å². The number of hydrogen-bond acceptors (Lipinski definition) is 1. The topological polar surface area (TPSA) is 12.0 Å². The molecule has 0 unspecified atom stereocenters. The average Bonchev–Trinajstić information content (AvgIpc) is 2.27. The highest BCUT2D eigenvalue weighted by Crippen LogP contribution is 2.26. The van der Waals surface area contributed by atoms with E-state index in [1.165, 1.54) is 31.5 Å². The summed E-state index contributed by atoms with van der Waals surface area (Å²) in [5, 5.41) is 3.59. The maximum Gasteiger partial charge on any atom is 0.0144 e. The van der Waals surface area contributed by atoms with Gasteiger partial charge in [-0.05, 0) is 36.7 Å². The Labute approximate surface area is 82.6 Å². The summed E-state index contributed by atoms with van der Waals surface area (Å²) in [4.78, 5) is 0. The van der Waals surface area contributed by atoms with Crippen LogP contribution in [-0.4, -0.2) is 6.54 Å². The first-order valence-corrected chi connectivity index (χ1v) is 5.59. The zero-order valence-electron chi connectivity index (χ0n) is 9.48. The smallest absolute Gasteiger partial charge is 0.0144 e. The van der Waals surface area contributed by atoms with Gasteiger partial charge in [-0.25, -0.2) is 0 Å². The Hall–Kier alpha value is -0.460. The molecule has 0 aromatic rings. The van der Waals surface area contributed by atoms with Gasteiger partial charge < -0.3 is 5.32 Å². The van der Waals surface area contributed by atoms with Gasteiger partial charge in [0, 0.05) is 12.2 Å². The lowest BCUT2D eigenvalue weighted by molar-refractivity contribution is 0.621. The minimum Gasteiger partial charge on any atom is -0.388 e. The molecule has 1 aliphatic rings. The Morgan fingerprint density at radius 3 is 2.23 bits per heavy atom. The lowest BCUT2D eigenvalue weighted by atomic mass is 9.92. The highest BCUT2D eigenvalue weighted by atomic mass is 14.9. The van der Waals surface area contributed by atoms with Crippen LogP contribution >= 0.6 is 0 Å². The second kappa shape index (κ2) is 4.69. The van der Waals surface area contributed by atoms with E-state index in [2.05, 4.69) is 33.0 Å². The van der Waals surface area contributed by atoms with Crippen molar-refractivity contribution in [3.8, 4) is 0 Å². The predicted octanol–water partition coefficient (Wildman–Crippen LogP) is 3.33. The van der Waals surface area contributed by atoms with Gasteiger partial charge in [-0.15, -0.1) is 0 Å². The summed E-state index contributed by atoms with van der Waals surface area (Å²) in [5.74, 6) is 1.37. The molecule has 1 rings (SSSR count). The first-order valence-electron chi connectivity index (χ1n) is 5.59. The molecule has 0 saturated carbocycles. The third-order valence-electron chi connectivity index (χ3n) is 2.81. The Kier molecular flexibility index (Phi) is 3.83. The lowest BCUT2D eigenvalue weighted by Gasteiger charge is -2.19. The van der Waals surface area contributed by atoms with Crippen LogP contribution in [0.15, 0.2) is 11.3 Å². The molecule has 13 heavy (non-hydrogen) atoms. The highest BCUT2D eigenvalue weighted by molar-refractivity contribution is 5.17. The van der Waals surface area contributed by atoms with E-state index in [1.54, 1.807) is 5.57 Å². The summed E-state index contributed by atoms with van der Waals surface area (Å²) < 4.78 is 0. The van der Waals surface area contributed by atoms with Crippen LogP contribution in [0.5, 0.6) is 0 Å². The number of hydrogen-bond donors (Lipinski definition) is 1. The second-order valence-corrected chi connectivity index (χ2v) is 4.63. The number of nitrogens with one attached hydrogen (secondary N) is 1. The molecule has 1 N–H and O–H groups in total. The summed E-state index contributed by atoms with van der Waals surface area (Å²) in [6.07, 6.45) is 3.99. The van der Waals surface area contributed by atoms with E-state index >= 15 is 0 Å². The molecule has 0 aromatic carbocycles. The van der Waals surface area contributed by atoms with E-state index < -0.39 is 0 Å². The van der Waals surface area contributed by atoms with Gasteiger partial charge in [0.05, 0.1) is 0 Å². The van der Waals surface area contributed by atoms with Gasteiger partial charge in [0.25, 0.3) is 0 Å². The summed E-state index contributed by atoms with van der Waals surface area (Å²) in [5.41, 5.74) is 3.18. The molecule has 0 saturated heterocycles. The SMILES string of the molecule is CC(C)C1=C(C(C)C)NCCCC1. The van der Waals surface area contributed by atoms with Gasteiger partial charge >= 0.3 is 0 Å². The molecule has 0 aliphatic carbocycles. The van der Waals surface area contributed by atoms with Crippen LogP contribution in [0.4, 0.5) is 0 Å². The van der Waals surface area contributed by atoms with Crippen molar-refractivity contribution in [1.29, 1.82) is 0 Å². The van der Waals surface area contributed by atoms with Crippen LogP contribution in [0.25, 0.3) is 0 Å². The van der Waals surface area contributed by atoms with Crippen molar-refractivity contribution in [2.75, 3.05) is 6.54 Å². The predicted molar refractivity (Wildman–Crippen MR) is 58.6 cm³/mol. The first-order chi connectivity index (χ1) is 6.13. The van der Waals surface area contributed by atoms with Crippen LogP contribution in [-0.2, 0) is 0 Å². The van der Waals surface area contributed by atoms with Crippen LogP contribution < -0.4 is 5.32 Å². The molecule has 0 fully saturated rings. The van der Waals surface area contributed by atoms with Gasteiger partial charge in [0.15, 0.2) is 0 Å². The lowest BCUT2D eigenvalue weighted by Crippen LogP contribution is -2.20. The Morgan fingerprint density at radius 2 is 1.69 bits per heavy atom. The van der Waals surface area contributed by atoms with Crippen molar-refractivity contribution in [2.24, 2.45) is 11.8 Å². The largest absolute Gasteiger partial charge is 0.388 e. The number of allylic oxidation sites excluding steroid dienone is 2. The van der Waals surface area contributed by atoms with Crippen LogP contribution in [0, 0.1) is 11.8 Å². The standard InChI is InChI=1S/C12H23N/c1-9(2)11-7-5-6-8-13-12(11)10(3)4/h9-10,13H,5-8H2,1-4H3. The molecule has 0 spiro atoms. The molecule has 0 amide bonds. The molecule has 0 aromatic heterocycles. The Bertz CT molecular complexity index is 169. The molecule has 1 aliphatic heterocycles. The van der Waals surface area contributed by atoms with Crippen LogP contribution in [0.1, 0.15) is 47.0 Å². The van der Waals surface area contributed by atoms with Crippen molar-refractivity contribution in [3.63, 3.8) is 0 Å². The van der Waals surface area contributed by atoms with Crippen molar-refractivity contribution in [2.45, 2.75) is 47.0 Å². The van der Waals surface area contributed by atoms with E-state index in [4.69, 9.17) is 0 Å². The minimum atomic E-state index is 0.662. The van der Waals surface area contributed by atoms with Crippen LogP contribution in [0.2, 0.25) is 0 Å². The maximum atomic E-state index is 3.59. The normalized spacial score (nSPS) is 19.2. The Balaban J connectivity index is 2.85. The molecule has 76 valence electrons. The quantitative estimate of drug-likeness (QED) is 0.689. The molecule has 1 heteroatoms. The molecular weight excluding hydrogens is 158 g/mol. The summed E-state index contributed by atoms with van der Waals surface area (Å²) in [7, 11) is 0.